The van der Waals surface area contributed by atoms with E-state index in [4.69, 9.17) is 0 Å². The topological polar surface area (TPSA) is 54.8 Å². The fourth-order valence-corrected chi connectivity index (χ4v) is 1.95. The molecule has 84 valence electrons. The van der Waals surface area contributed by atoms with Gasteiger partial charge in [0.15, 0.2) is 5.82 Å². The minimum absolute atomic E-state index is 0.766. The lowest BCUT2D eigenvalue weighted by atomic mass is 10.00. The minimum atomic E-state index is 0.766. The zero-order valence-electron chi connectivity index (χ0n) is 9.24. The molecule has 1 aliphatic rings. The molecule has 15 heavy (non-hydrogen) atoms. The van der Waals surface area contributed by atoms with E-state index >= 15 is 0 Å². The summed E-state index contributed by atoms with van der Waals surface area (Å²) in [5.74, 6) is 1.64. The molecule has 1 unspecified atom stereocenters. The Morgan fingerprint density at radius 1 is 1.67 bits per heavy atom. The van der Waals surface area contributed by atoms with Crippen LogP contribution in [0, 0.1) is 5.92 Å². The van der Waals surface area contributed by atoms with Crippen LogP contribution in [0.25, 0.3) is 0 Å². The third kappa shape index (κ3) is 3.28. The van der Waals surface area contributed by atoms with Gasteiger partial charge >= 0.3 is 0 Å². The van der Waals surface area contributed by atoms with Crippen LogP contribution in [-0.2, 0) is 13.6 Å². The van der Waals surface area contributed by atoms with Gasteiger partial charge in [-0.2, -0.15) is 5.10 Å². The normalized spacial score (nSPS) is 21.8. The van der Waals surface area contributed by atoms with Gasteiger partial charge in [0, 0.05) is 7.05 Å². The van der Waals surface area contributed by atoms with Gasteiger partial charge in [0.05, 0.1) is 6.54 Å². The van der Waals surface area contributed by atoms with E-state index in [9.17, 15) is 0 Å². The van der Waals surface area contributed by atoms with Crippen molar-refractivity contribution in [1.82, 2.24) is 25.4 Å². The van der Waals surface area contributed by atoms with Gasteiger partial charge < -0.3 is 10.6 Å². The van der Waals surface area contributed by atoms with Crippen LogP contribution in [0.15, 0.2) is 6.33 Å². The molecule has 2 heterocycles. The lowest BCUT2D eigenvalue weighted by Gasteiger charge is -2.22. The summed E-state index contributed by atoms with van der Waals surface area (Å²) >= 11 is 0. The monoisotopic (exact) mass is 209 g/mol. The molecule has 0 spiro atoms. The Balaban J connectivity index is 1.65. The van der Waals surface area contributed by atoms with E-state index in [-0.39, 0.29) is 0 Å². The SMILES string of the molecule is Cn1cnc(CNCC2CCCNC2)n1. The quantitative estimate of drug-likeness (QED) is 0.727. The molecule has 5 heteroatoms. The van der Waals surface area contributed by atoms with Gasteiger partial charge in [-0.05, 0) is 38.4 Å². The standard InChI is InChI=1S/C10H19N5/c1-15-8-13-10(14-15)7-12-6-9-3-2-4-11-5-9/h8-9,11-12H,2-7H2,1H3. The minimum Gasteiger partial charge on any atom is -0.316 e. The molecular formula is C10H19N5. The van der Waals surface area contributed by atoms with Crippen molar-refractivity contribution in [2.45, 2.75) is 19.4 Å². The van der Waals surface area contributed by atoms with Gasteiger partial charge in [-0.25, -0.2) is 4.98 Å². The molecule has 2 N–H and O–H groups in total. The van der Waals surface area contributed by atoms with Crippen molar-refractivity contribution in [2.24, 2.45) is 13.0 Å². The van der Waals surface area contributed by atoms with Gasteiger partial charge in [0.1, 0.15) is 6.33 Å². The van der Waals surface area contributed by atoms with Crippen molar-refractivity contribution >= 4 is 0 Å². The number of piperidine rings is 1. The van der Waals surface area contributed by atoms with E-state index in [0.717, 1.165) is 31.4 Å². The number of rotatable bonds is 4. The van der Waals surface area contributed by atoms with E-state index in [1.54, 1.807) is 11.0 Å². The Morgan fingerprint density at radius 2 is 2.60 bits per heavy atom. The lowest BCUT2D eigenvalue weighted by molar-refractivity contribution is 0.358. The molecule has 1 aliphatic heterocycles. The predicted molar refractivity (Wildman–Crippen MR) is 58.3 cm³/mol. The summed E-state index contributed by atoms with van der Waals surface area (Å²) in [5, 5.41) is 11.0. The summed E-state index contributed by atoms with van der Waals surface area (Å²) in [7, 11) is 1.89. The van der Waals surface area contributed by atoms with Gasteiger partial charge in [-0.1, -0.05) is 0 Å². The molecule has 1 fully saturated rings. The van der Waals surface area contributed by atoms with Crippen LogP contribution < -0.4 is 10.6 Å². The molecule has 0 saturated carbocycles. The fourth-order valence-electron chi connectivity index (χ4n) is 1.95. The zero-order chi connectivity index (χ0) is 10.5. The van der Waals surface area contributed by atoms with Crippen molar-refractivity contribution in [1.29, 1.82) is 0 Å². The maximum Gasteiger partial charge on any atom is 0.164 e. The highest BCUT2D eigenvalue weighted by atomic mass is 15.3. The van der Waals surface area contributed by atoms with Crippen molar-refractivity contribution in [3.63, 3.8) is 0 Å². The number of aromatic nitrogens is 3. The Bertz CT molecular complexity index is 290. The summed E-state index contributed by atoms with van der Waals surface area (Å²) in [5.41, 5.74) is 0. The number of nitrogens with zero attached hydrogens (tertiary/aromatic N) is 3. The van der Waals surface area contributed by atoms with Crippen LogP contribution in [0.3, 0.4) is 0 Å². The fraction of sp³-hybridized carbons (Fsp3) is 0.800. The molecule has 0 aromatic carbocycles. The van der Waals surface area contributed by atoms with Crippen LogP contribution in [-0.4, -0.2) is 34.4 Å². The Labute approximate surface area is 90.3 Å². The number of aryl methyl sites for hydroxylation is 1. The highest BCUT2D eigenvalue weighted by Crippen LogP contribution is 2.08. The molecule has 2 rings (SSSR count). The second-order valence-electron chi connectivity index (χ2n) is 4.18. The highest BCUT2D eigenvalue weighted by Gasteiger charge is 2.12. The Kier molecular flexibility index (Phi) is 3.69. The van der Waals surface area contributed by atoms with E-state index in [2.05, 4.69) is 20.7 Å². The first-order chi connectivity index (χ1) is 7.34. The first-order valence-electron chi connectivity index (χ1n) is 5.60. The van der Waals surface area contributed by atoms with Crippen LogP contribution in [0.2, 0.25) is 0 Å². The molecule has 1 aromatic heterocycles. The molecular weight excluding hydrogens is 190 g/mol. The van der Waals surface area contributed by atoms with Crippen LogP contribution >= 0.6 is 0 Å². The van der Waals surface area contributed by atoms with Gasteiger partial charge in [0.2, 0.25) is 0 Å². The lowest BCUT2D eigenvalue weighted by Crippen LogP contribution is -2.35. The summed E-state index contributed by atoms with van der Waals surface area (Å²) in [6.45, 7) is 4.16. The van der Waals surface area contributed by atoms with Crippen LogP contribution in [0.1, 0.15) is 18.7 Å². The molecule has 5 nitrogen and oxygen atoms in total. The van der Waals surface area contributed by atoms with Crippen molar-refractivity contribution in [3.05, 3.63) is 12.2 Å². The first kappa shape index (κ1) is 10.6. The molecule has 0 amide bonds. The third-order valence-electron chi connectivity index (χ3n) is 2.76. The molecule has 0 radical (unpaired) electrons. The Morgan fingerprint density at radius 3 is 3.27 bits per heavy atom. The Hall–Kier alpha value is -0.940. The summed E-state index contributed by atoms with van der Waals surface area (Å²) < 4.78 is 1.74. The maximum absolute atomic E-state index is 4.22. The molecule has 1 atom stereocenters. The third-order valence-corrected chi connectivity index (χ3v) is 2.76. The van der Waals surface area contributed by atoms with E-state index < -0.39 is 0 Å². The smallest absolute Gasteiger partial charge is 0.164 e. The number of hydrogen-bond acceptors (Lipinski definition) is 4. The zero-order valence-corrected chi connectivity index (χ0v) is 9.24. The van der Waals surface area contributed by atoms with Gasteiger partial charge in [-0.3, -0.25) is 4.68 Å². The molecule has 1 saturated heterocycles. The van der Waals surface area contributed by atoms with Crippen LogP contribution in [0.5, 0.6) is 0 Å². The van der Waals surface area contributed by atoms with Gasteiger partial charge in [0.25, 0.3) is 0 Å². The molecule has 0 aliphatic carbocycles. The molecule has 1 aromatic rings. The highest BCUT2D eigenvalue weighted by molar-refractivity contribution is 4.81. The summed E-state index contributed by atoms with van der Waals surface area (Å²) in [6.07, 6.45) is 4.36. The largest absolute Gasteiger partial charge is 0.316 e. The van der Waals surface area contributed by atoms with Crippen molar-refractivity contribution in [2.75, 3.05) is 19.6 Å². The second kappa shape index (κ2) is 5.23. The average Bonchev–Trinajstić information content (AvgIpc) is 2.66. The number of nitrogens with one attached hydrogen (secondary N) is 2. The van der Waals surface area contributed by atoms with E-state index in [0.29, 0.717) is 0 Å². The molecule has 0 bridgehead atoms. The second-order valence-corrected chi connectivity index (χ2v) is 4.18. The predicted octanol–water partition coefficient (Wildman–Crippen LogP) is -0.0957. The summed E-state index contributed by atoms with van der Waals surface area (Å²) in [6, 6.07) is 0. The van der Waals surface area contributed by atoms with Crippen molar-refractivity contribution in [3.8, 4) is 0 Å². The van der Waals surface area contributed by atoms with Gasteiger partial charge in [-0.15, -0.1) is 0 Å². The van der Waals surface area contributed by atoms with E-state index in [1.807, 2.05) is 7.05 Å². The maximum atomic E-state index is 4.22. The van der Waals surface area contributed by atoms with Crippen molar-refractivity contribution < 1.29 is 0 Å². The number of hydrogen-bond donors (Lipinski definition) is 2. The summed E-state index contributed by atoms with van der Waals surface area (Å²) in [4.78, 5) is 4.17. The first-order valence-corrected chi connectivity index (χ1v) is 5.60. The van der Waals surface area contributed by atoms with E-state index in [1.165, 1.54) is 19.4 Å². The van der Waals surface area contributed by atoms with Crippen LogP contribution in [0.4, 0.5) is 0 Å². The average molecular weight is 209 g/mol.